The second kappa shape index (κ2) is 5.85. The molecule has 0 bridgehead atoms. The van der Waals surface area contributed by atoms with Crippen molar-refractivity contribution in [1.29, 1.82) is 0 Å². The van der Waals surface area contributed by atoms with Crippen LogP contribution in [-0.2, 0) is 10.0 Å². The van der Waals surface area contributed by atoms with Crippen LogP contribution in [0.15, 0.2) is 23.2 Å². The van der Waals surface area contributed by atoms with Crippen LogP contribution in [0.2, 0.25) is 0 Å². The number of hydrogen-bond acceptors (Lipinski definition) is 5. The molecule has 3 N–H and O–H groups in total. The average molecular weight is 284 g/mol. The number of sulfonamides is 1. The lowest BCUT2D eigenvalue weighted by Crippen LogP contribution is -2.37. The smallest absolute Gasteiger partial charge is 0.239 e. The fraction of sp³-hybridized carbons (Fsp3) is 0.583. The number of nitrogens with one attached hydrogen (secondary N) is 1. The fourth-order valence-electron chi connectivity index (χ4n) is 2.38. The van der Waals surface area contributed by atoms with E-state index in [1.807, 2.05) is 7.05 Å². The largest absolute Gasteiger partial charge is 0.357 e. The Bertz CT molecular complexity index is 507. The summed E-state index contributed by atoms with van der Waals surface area (Å²) in [5, 5.41) is 8.25. The number of aromatic nitrogens is 1. The second-order valence-electron chi connectivity index (χ2n) is 4.89. The lowest BCUT2D eigenvalue weighted by molar-refractivity contribution is 0.392. The summed E-state index contributed by atoms with van der Waals surface area (Å²) in [4.78, 5) is 6.43. The summed E-state index contributed by atoms with van der Waals surface area (Å²) >= 11 is 0. The molecule has 2 heterocycles. The van der Waals surface area contributed by atoms with Crippen LogP contribution < -0.4 is 15.4 Å². The molecule has 2 rings (SSSR count). The minimum Gasteiger partial charge on any atom is -0.357 e. The Morgan fingerprint density at radius 1 is 1.42 bits per heavy atom. The number of nitrogens with two attached hydrogens (primary N) is 1. The SMILES string of the molecule is CNCC1CCN(c2ccc(S(N)(=O)=O)cn2)CC1. The molecule has 1 fully saturated rings. The van der Waals surface area contributed by atoms with Gasteiger partial charge in [-0.1, -0.05) is 0 Å². The van der Waals surface area contributed by atoms with Crippen LogP contribution in [0, 0.1) is 5.92 Å². The van der Waals surface area contributed by atoms with Crippen molar-refractivity contribution in [2.75, 3.05) is 31.6 Å². The minimum absolute atomic E-state index is 0.0568. The Hall–Kier alpha value is -1.18. The van der Waals surface area contributed by atoms with Crippen molar-refractivity contribution >= 4 is 15.8 Å². The summed E-state index contributed by atoms with van der Waals surface area (Å²) in [5.74, 6) is 1.53. The van der Waals surface area contributed by atoms with Crippen molar-refractivity contribution in [1.82, 2.24) is 10.3 Å². The van der Waals surface area contributed by atoms with Gasteiger partial charge in [0.25, 0.3) is 0 Å². The fourth-order valence-corrected chi connectivity index (χ4v) is 2.84. The molecule has 0 saturated carbocycles. The molecule has 1 aliphatic heterocycles. The molecule has 1 aliphatic rings. The normalized spacial score (nSPS) is 17.7. The molecule has 0 spiro atoms. The first kappa shape index (κ1) is 14.2. The monoisotopic (exact) mass is 284 g/mol. The Morgan fingerprint density at radius 2 is 2.11 bits per heavy atom. The number of hydrogen-bond donors (Lipinski definition) is 2. The van der Waals surface area contributed by atoms with Gasteiger partial charge in [-0.05, 0) is 44.5 Å². The molecule has 1 aromatic rings. The highest BCUT2D eigenvalue weighted by molar-refractivity contribution is 7.89. The average Bonchev–Trinajstić information content (AvgIpc) is 2.39. The topological polar surface area (TPSA) is 88.3 Å². The van der Waals surface area contributed by atoms with Crippen LogP contribution in [0.25, 0.3) is 0 Å². The molecule has 0 unspecified atom stereocenters. The summed E-state index contributed by atoms with van der Waals surface area (Å²) in [6.07, 6.45) is 3.57. The van der Waals surface area contributed by atoms with E-state index in [4.69, 9.17) is 5.14 Å². The van der Waals surface area contributed by atoms with Gasteiger partial charge in [0.2, 0.25) is 10.0 Å². The van der Waals surface area contributed by atoms with Gasteiger partial charge in [0.15, 0.2) is 0 Å². The van der Waals surface area contributed by atoms with E-state index in [-0.39, 0.29) is 4.90 Å². The molecule has 0 amide bonds. The van der Waals surface area contributed by atoms with Crippen molar-refractivity contribution in [3.05, 3.63) is 18.3 Å². The molecule has 0 radical (unpaired) electrons. The molecule has 7 heteroatoms. The van der Waals surface area contributed by atoms with E-state index >= 15 is 0 Å². The van der Waals surface area contributed by atoms with Gasteiger partial charge in [-0.2, -0.15) is 0 Å². The third kappa shape index (κ3) is 3.65. The molecule has 1 saturated heterocycles. The van der Waals surface area contributed by atoms with Gasteiger partial charge in [-0.15, -0.1) is 0 Å². The van der Waals surface area contributed by atoms with E-state index in [2.05, 4.69) is 15.2 Å². The lowest BCUT2D eigenvalue weighted by Gasteiger charge is -2.32. The van der Waals surface area contributed by atoms with E-state index in [9.17, 15) is 8.42 Å². The standard InChI is InChI=1S/C12H20N4O2S/c1-14-8-10-4-6-16(7-5-10)12-3-2-11(9-15-12)19(13,17)18/h2-3,9-10,14H,4-8H2,1H3,(H2,13,17,18). The van der Waals surface area contributed by atoms with Crippen LogP contribution in [-0.4, -0.2) is 40.1 Å². The summed E-state index contributed by atoms with van der Waals surface area (Å²) < 4.78 is 22.3. The summed E-state index contributed by atoms with van der Waals surface area (Å²) in [6, 6.07) is 3.23. The second-order valence-corrected chi connectivity index (χ2v) is 6.45. The number of piperidine rings is 1. The van der Waals surface area contributed by atoms with E-state index in [0.717, 1.165) is 38.3 Å². The van der Waals surface area contributed by atoms with Gasteiger partial charge in [-0.3, -0.25) is 0 Å². The molecule has 0 aromatic carbocycles. The van der Waals surface area contributed by atoms with Crippen LogP contribution >= 0.6 is 0 Å². The number of rotatable bonds is 4. The van der Waals surface area contributed by atoms with Crippen molar-refractivity contribution in [3.8, 4) is 0 Å². The summed E-state index contributed by atoms with van der Waals surface area (Å²) in [6.45, 7) is 2.95. The van der Waals surface area contributed by atoms with Crippen LogP contribution in [0.1, 0.15) is 12.8 Å². The van der Waals surface area contributed by atoms with Gasteiger partial charge >= 0.3 is 0 Å². The van der Waals surface area contributed by atoms with Crippen LogP contribution in [0.3, 0.4) is 0 Å². The zero-order chi connectivity index (χ0) is 13.9. The van der Waals surface area contributed by atoms with Crippen molar-refractivity contribution < 1.29 is 8.42 Å². The van der Waals surface area contributed by atoms with Gasteiger partial charge in [0.1, 0.15) is 10.7 Å². The van der Waals surface area contributed by atoms with Gasteiger partial charge in [0, 0.05) is 19.3 Å². The molecule has 0 atom stereocenters. The van der Waals surface area contributed by atoms with E-state index < -0.39 is 10.0 Å². The van der Waals surface area contributed by atoms with Crippen LogP contribution in [0.4, 0.5) is 5.82 Å². The molecule has 106 valence electrons. The highest BCUT2D eigenvalue weighted by Gasteiger charge is 2.19. The highest BCUT2D eigenvalue weighted by atomic mass is 32.2. The first-order valence-corrected chi connectivity index (χ1v) is 7.94. The number of anilines is 1. The van der Waals surface area contributed by atoms with E-state index in [0.29, 0.717) is 5.92 Å². The van der Waals surface area contributed by atoms with Crippen LogP contribution in [0.5, 0.6) is 0 Å². The lowest BCUT2D eigenvalue weighted by atomic mass is 9.97. The maximum Gasteiger partial charge on any atom is 0.239 e. The number of pyridine rings is 1. The molecule has 19 heavy (non-hydrogen) atoms. The predicted octanol–water partition coefficient (Wildman–Crippen LogP) is 0.165. The zero-order valence-electron chi connectivity index (χ0n) is 11.0. The van der Waals surface area contributed by atoms with Gasteiger partial charge in [-0.25, -0.2) is 18.5 Å². The maximum absolute atomic E-state index is 11.2. The van der Waals surface area contributed by atoms with E-state index in [1.165, 1.54) is 12.3 Å². The molecule has 1 aromatic heterocycles. The van der Waals surface area contributed by atoms with Gasteiger partial charge < -0.3 is 10.2 Å². The Morgan fingerprint density at radius 3 is 2.58 bits per heavy atom. The van der Waals surface area contributed by atoms with Gasteiger partial charge in [0.05, 0.1) is 0 Å². The third-order valence-corrected chi connectivity index (χ3v) is 4.38. The molecule has 6 nitrogen and oxygen atoms in total. The van der Waals surface area contributed by atoms with Crippen molar-refractivity contribution in [2.24, 2.45) is 11.1 Å². The number of primary sulfonamides is 1. The highest BCUT2D eigenvalue weighted by Crippen LogP contribution is 2.21. The Labute approximate surface area is 114 Å². The van der Waals surface area contributed by atoms with Crippen molar-refractivity contribution in [3.63, 3.8) is 0 Å². The number of nitrogens with zero attached hydrogens (tertiary/aromatic N) is 2. The minimum atomic E-state index is -3.66. The van der Waals surface area contributed by atoms with Crippen molar-refractivity contribution in [2.45, 2.75) is 17.7 Å². The summed E-state index contributed by atoms with van der Waals surface area (Å²) in [7, 11) is -1.68. The quantitative estimate of drug-likeness (QED) is 0.822. The first-order valence-electron chi connectivity index (χ1n) is 6.39. The first-order chi connectivity index (χ1) is 9.00. The summed E-state index contributed by atoms with van der Waals surface area (Å²) in [5.41, 5.74) is 0. The predicted molar refractivity (Wildman–Crippen MR) is 74.5 cm³/mol. The third-order valence-electron chi connectivity index (χ3n) is 3.48. The maximum atomic E-state index is 11.2. The Balaban J connectivity index is 2.00. The molecular formula is C12H20N4O2S. The van der Waals surface area contributed by atoms with E-state index in [1.54, 1.807) is 6.07 Å². The zero-order valence-corrected chi connectivity index (χ0v) is 11.9. The Kier molecular flexibility index (Phi) is 4.38. The molecular weight excluding hydrogens is 264 g/mol. The molecule has 0 aliphatic carbocycles.